The van der Waals surface area contributed by atoms with E-state index in [0.717, 1.165) is 61.2 Å². The Bertz CT molecular complexity index is 1160. The van der Waals surface area contributed by atoms with Gasteiger partial charge in [0.25, 0.3) is 0 Å². The third-order valence-electron chi connectivity index (χ3n) is 6.20. The van der Waals surface area contributed by atoms with Crippen LogP contribution in [0.2, 0.25) is 5.02 Å². The number of benzene rings is 1. The molecule has 2 aliphatic rings. The molecule has 0 spiro atoms. The number of H-pyrrole nitrogens is 1. The highest BCUT2D eigenvalue weighted by molar-refractivity contribution is 6.31. The quantitative estimate of drug-likeness (QED) is 0.687. The number of hydrogen-bond donors (Lipinski definition) is 1. The molecule has 2 aliphatic heterocycles. The molecular formula is C22H21ClN6O. The van der Waals surface area contributed by atoms with Crippen LogP contribution in [0.25, 0.3) is 10.9 Å². The van der Waals surface area contributed by atoms with Crippen molar-refractivity contribution in [1.82, 2.24) is 20.1 Å². The molecule has 0 unspecified atom stereocenters. The minimum absolute atomic E-state index is 0.00736. The highest BCUT2D eigenvalue weighted by Gasteiger charge is 2.32. The number of carbonyl (C=O) groups is 1. The van der Waals surface area contributed by atoms with Gasteiger partial charge in [-0.05, 0) is 43.0 Å². The molecule has 0 radical (unpaired) electrons. The molecule has 3 aromatic rings. The number of carbonyl (C=O) groups excluding carboxylic acids is 1. The molecule has 0 aliphatic carbocycles. The minimum Gasteiger partial charge on any atom is -0.370 e. The fourth-order valence-corrected chi connectivity index (χ4v) is 4.76. The summed E-state index contributed by atoms with van der Waals surface area (Å²) < 4.78 is 0. The molecule has 152 valence electrons. The van der Waals surface area contributed by atoms with Crippen molar-refractivity contribution in [3.8, 4) is 6.07 Å². The summed E-state index contributed by atoms with van der Waals surface area (Å²) in [4.78, 5) is 21.6. The Labute approximate surface area is 179 Å². The number of halogens is 1. The fourth-order valence-electron chi connectivity index (χ4n) is 4.59. The van der Waals surface area contributed by atoms with E-state index in [1.165, 1.54) is 5.56 Å². The number of nitrogens with zero attached hydrogens (tertiary/aromatic N) is 5. The van der Waals surface area contributed by atoms with Crippen molar-refractivity contribution in [3.63, 3.8) is 0 Å². The van der Waals surface area contributed by atoms with E-state index in [9.17, 15) is 10.1 Å². The minimum atomic E-state index is 0.00736. The second-order valence-corrected chi connectivity index (χ2v) is 8.38. The Morgan fingerprint density at radius 1 is 1.23 bits per heavy atom. The first-order chi connectivity index (χ1) is 14.6. The largest absolute Gasteiger partial charge is 0.370 e. The monoisotopic (exact) mass is 420 g/mol. The van der Waals surface area contributed by atoms with Crippen molar-refractivity contribution < 1.29 is 4.79 Å². The van der Waals surface area contributed by atoms with E-state index < -0.39 is 0 Å². The normalized spacial score (nSPS) is 17.1. The summed E-state index contributed by atoms with van der Waals surface area (Å²) in [6.07, 6.45) is 5.86. The van der Waals surface area contributed by atoms with Gasteiger partial charge in [0.15, 0.2) is 0 Å². The van der Waals surface area contributed by atoms with Crippen LogP contribution < -0.4 is 4.90 Å². The summed E-state index contributed by atoms with van der Waals surface area (Å²) in [6, 6.07) is 7.81. The predicted molar refractivity (Wildman–Crippen MR) is 114 cm³/mol. The molecule has 0 bridgehead atoms. The lowest BCUT2D eigenvalue weighted by molar-refractivity contribution is -0.137. The van der Waals surface area contributed by atoms with Crippen LogP contribution in [-0.4, -0.2) is 45.6 Å². The molecular weight excluding hydrogens is 400 g/mol. The van der Waals surface area contributed by atoms with E-state index in [4.69, 9.17) is 11.6 Å². The lowest BCUT2D eigenvalue weighted by Gasteiger charge is -2.37. The number of fused-ring (bicyclic) bond motifs is 2. The topological polar surface area (TPSA) is 88.9 Å². The molecule has 7 nitrogen and oxygen atoms in total. The third kappa shape index (κ3) is 3.27. The third-order valence-corrected chi connectivity index (χ3v) is 6.44. The highest BCUT2D eigenvalue weighted by atomic mass is 35.5. The molecule has 1 saturated heterocycles. The Hall–Kier alpha value is -3.11. The number of piperidine rings is 1. The molecule has 30 heavy (non-hydrogen) atoms. The van der Waals surface area contributed by atoms with Crippen molar-refractivity contribution in [1.29, 1.82) is 5.26 Å². The first kappa shape index (κ1) is 18.9. The second kappa shape index (κ2) is 7.62. The van der Waals surface area contributed by atoms with Crippen LogP contribution in [0.15, 0.2) is 30.6 Å². The zero-order valence-electron chi connectivity index (χ0n) is 16.4. The summed E-state index contributed by atoms with van der Waals surface area (Å²) in [5, 5.41) is 18.2. The smallest absolute Gasteiger partial charge is 0.226 e. The predicted octanol–water partition coefficient (Wildman–Crippen LogP) is 3.28. The lowest BCUT2D eigenvalue weighted by atomic mass is 9.93. The van der Waals surface area contributed by atoms with Gasteiger partial charge in [-0.25, -0.2) is 0 Å². The number of rotatable bonds is 2. The molecule has 1 N–H and O–H groups in total. The number of hydrogen-bond acceptors (Lipinski definition) is 5. The second-order valence-electron chi connectivity index (χ2n) is 7.94. The Balaban J connectivity index is 1.34. The van der Waals surface area contributed by atoms with Crippen LogP contribution in [0.4, 0.5) is 5.69 Å². The van der Waals surface area contributed by atoms with E-state index in [2.05, 4.69) is 26.2 Å². The molecule has 1 fully saturated rings. The number of amides is 1. The zero-order valence-corrected chi connectivity index (χ0v) is 17.2. The first-order valence-corrected chi connectivity index (χ1v) is 10.5. The van der Waals surface area contributed by atoms with Gasteiger partial charge in [0.2, 0.25) is 5.91 Å². The number of pyridine rings is 1. The summed E-state index contributed by atoms with van der Waals surface area (Å²) in [7, 11) is 0. The van der Waals surface area contributed by atoms with E-state index in [1.54, 1.807) is 12.3 Å². The van der Waals surface area contributed by atoms with E-state index in [1.807, 2.05) is 23.2 Å². The average Bonchev–Trinajstić information content (AvgIpc) is 3.26. The van der Waals surface area contributed by atoms with Gasteiger partial charge >= 0.3 is 0 Å². The number of nitrogens with one attached hydrogen (secondary N) is 1. The Kier molecular flexibility index (Phi) is 4.80. The first-order valence-electron chi connectivity index (χ1n) is 10.2. The summed E-state index contributed by atoms with van der Waals surface area (Å²) >= 11 is 6.22. The zero-order chi connectivity index (χ0) is 20.7. The van der Waals surface area contributed by atoms with Gasteiger partial charge in [-0.2, -0.15) is 10.4 Å². The molecule has 1 aromatic carbocycles. The van der Waals surface area contributed by atoms with E-state index in [0.29, 0.717) is 17.1 Å². The number of aromatic nitrogens is 3. The van der Waals surface area contributed by atoms with Crippen LogP contribution in [0.5, 0.6) is 0 Å². The van der Waals surface area contributed by atoms with E-state index >= 15 is 0 Å². The van der Waals surface area contributed by atoms with Gasteiger partial charge in [-0.3, -0.25) is 14.9 Å². The number of anilines is 1. The van der Waals surface area contributed by atoms with Crippen molar-refractivity contribution in [2.45, 2.75) is 25.8 Å². The highest BCUT2D eigenvalue weighted by Crippen LogP contribution is 2.34. The van der Waals surface area contributed by atoms with Crippen LogP contribution in [0.1, 0.15) is 29.7 Å². The lowest BCUT2D eigenvalue weighted by Crippen LogP contribution is -2.44. The maximum Gasteiger partial charge on any atom is 0.226 e. The summed E-state index contributed by atoms with van der Waals surface area (Å²) in [5.41, 5.74) is 4.48. The van der Waals surface area contributed by atoms with Crippen LogP contribution in [0.3, 0.4) is 0 Å². The van der Waals surface area contributed by atoms with Gasteiger partial charge in [0, 0.05) is 42.2 Å². The SMILES string of the molecule is N#Cc1cnc2ccc(Cl)cc2c1N1CCC(C(=O)N2CCc3cn[nH]c3C2)CC1. The van der Waals surface area contributed by atoms with Crippen molar-refractivity contribution in [2.75, 3.05) is 24.5 Å². The molecule has 2 aromatic heterocycles. The Morgan fingerprint density at radius 3 is 2.87 bits per heavy atom. The summed E-state index contributed by atoms with van der Waals surface area (Å²) in [6.45, 7) is 2.80. The fraction of sp³-hybridized carbons (Fsp3) is 0.364. The van der Waals surface area contributed by atoms with Gasteiger partial charge in [-0.15, -0.1) is 0 Å². The van der Waals surface area contributed by atoms with Crippen molar-refractivity contribution >= 4 is 34.1 Å². The van der Waals surface area contributed by atoms with E-state index in [-0.39, 0.29) is 11.8 Å². The molecule has 4 heterocycles. The van der Waals surface area contributed by atoms with Gasteiger partial charge in [0.05, 0.1) is 35.2 Å². The van der Waals surface area contributed by atoms with Crippen LogP contribution in [0, 0.1) is 17.2 Å². The molecule has 8 heteroatoms. The van der Waals surface area contributed by atoms with Gasteiger partial charge in [0.1, 0.15) is 6.07 Å². The molecule has 0 atom stereocenters. The van der Waals surface area contributed by atoms with Gasteiger partial charge in [-0.1, -0.05) is 11.6 Å². The van der Waals surface area contributed by atoms with Crippen LogP contribution >= 0.6 is 11.6 Å². The van der Waals surface area contributed by atoms with Gasteiger partial charge < -0.3 is 9.80 Å². The average molecular weight is 421 g/mol. The summed E-state index contributed by atoms with van der Waals surface area (Å²) in [5.74, 6) is 0.228. The maximum atomic E-state index is 13.1. The standard InChI is InChI=1S/C22H21ClN6O/c23-17-1-2-19-18(9-17)21(16(10-24)11-25-19)28-6-3-14(4-7-28)22(30)29-8-5-15-12-26-27-20(15)13-29/h1-2,9,11-12,14H,3-8,13H2,(H,26,27). The number of aromatic amines is 1. The maximum absolute atomic E-state index is 13.1. The molecule has 0 saturated carbocycles. The number of nitriles is 1. The molecule has 5 rings (SSSR count). The van der Waals surface area contributed by atoms with Crippen molar-refractivity contribution in [2.24, 2.45) is 5.92 Å². The van der Waals surface area contributed by atoms with Crippen LogP contribution in [-0.2, 0) is 17.8 Å². The van der Waals surface area contributed by atoms with Crippen molar-refractivity contribution in [3.05, 3.63) is 52.4 Å². The molecule has 1 amide bonds. The Morgan fingerprint density at radius 2 is 2.07 bits per heavy atom.